The number of carboxylic acid groups (broad SMARTS) is 1. The van der Waals surface area contributed by atoms with E-state index in [1.165, 1.54) is 24.3 Å². The van der Waals surface area contributed by atoms with Crippen molar-refractivity contribution in [2.45, 2.75) is 30.7 Å². The van der Waals surface area contributed by atoms with Gasteiger partial charge in [0.25, 0.3) is 0 Å². The summed E-state index contributed by atoms with van der Waals surface area (Å²) in [6, 6.07) is 5.83. The van der Waals surface area contributed by atoms with Crippen LogP contribution < -0.4 is 10.2 Å². The number of ether oxygens (including phenoxy) is 2. The van der Waals surface area contributed by atoms with Gasteiger partial charge in [0.05, 0.1) is 0 Å². The summed E-state index contributed by atoms with van der Waals surface area (Å²) in [5, 5.41) is 79.0. The van der Waals surface area contributed by atoms with Crippen molar-refractivity contribution >= 4 is 16.9 Å². The molecule has 2 heterocycles. The highest BCUT2D eigenvalue weighted by Crippen LogP contribution is 2.43. The summed E-state index contributed by atoms with van der Waals surface area (Å²) in [6.07, 6.45) is -9.87. The first-order chi connectivity index (χ1) is 16.0. The number of phenols is 3. The summed E-state index contributed by atoms with van der Waals surface area (Å²) in [5.74, 6) is -5.44. The second-order valence-corrected chi connectivity index (χ2v) is 7.46. The number of fused-ring (bicyclic) bond motifs is 1. The average molecular weight is 478 g/mol. The lowest BCUT2D eigenvalue weighted by Crippen LogP contribution is -2.61. The van der Waals surface area contributed by atoms with Gasteiger partial charge in [-0.2, -0.15) is 0 Å². The van der Waals surface area contributed by atoms with Crippen molar-refractivity contribution in [3.63, 3.8) is 0 Å². The average Bonchev–Trinajstić information content (AvgIpc) is 2.79. The highest BCUT2D eigenvalue weighted by Gasteiger charge is 2.48. The third kappa shape index (κ3) is 3.72. The van der Waals surface area contributed by atoms with Crippen LogP contribution in [0.25, 0.3) is 22.3 Å². The van der Waals surface area contributed by atoms with Crippen molar-refractivity contribution in [3.05, 3.63) is 40.6 Å². The molecule has 0 unspecified atom stereocenters. The van der Waals surface area contributed by atoms with Gasteiger partial charge in [-0.05, 0) is 24.3 Å². The number of hydrogen-bond donors (Lipinski definition) is 8. The van der Waals surface area contributed by atoms with Gasteiger partial charge in [0.15, 0.2) is 23.2 Å². The van der Waals surface area contributed by atoms with Gasteiger partial charge in [-0.1, -0.05) is 0 Å². The third-order valence-corrected chi connectivity index (χ3v) is 5.25. The van der Waals surface area contributed by atoms with Gasteiger partial charge >= 0.3 is 5.97 Å². The summed E-state index contributed by atoms with van der Waals surface area (Å²) in [5.41, 5.74) is -1.62. The first-order valence-electron chi connectivity index (χ1n) is 9.64. The second kappa shape index (κ2) is 8.39. The molecule has 0 aliphatic carbocycles. The molecule has 180 valence electrons. The zero-order chi connectivity index (χ0) is 24.9. The summed E-state index contributed by atoms with van der Waals surface area (Å²) in [7, 11) is 0. The molecule has 1 saturated heterocycles. The summed E-state index contributed by atoms with van der Waals surface area (Å²) in [6.45, 7) is 0. The zero-order valence-corrected chi connectivity index (χ0v) is 16.9. The van der Waals surface area contributed by atoms with Crippen LogP contribution in [0, 0.1) is 0 Å². The van der Waals surface area contributed by atoms with Gasteiger partial charge in [0, 0.05) is 11.6 Å². The Kier molecular flexibility index (Phi) is 5.70. The van der Waals surface area contributed by atoms with Crippen molar-refractivity contribution in [2.24, 2.45) is 0 Å². The molecule has 0 bridgehead atoms. The Morgan fingerprint density at radius 2 is 1.56 bits per heavy atom. The van der Waals surface area contributed by atoms with E-state index in [2.05, 4.69) is 0 Å². The van der Waals surface area contributed by atoms with E-state index in [4.69, 9.17) is 19.0 Å². The Bertz CT molecular complexity index is 1310. The van der Waals surface area contributed by atoms with Crippen LogP contribution in [-0.2, 0) is 9.53 Å². The molecule has 1 fully saturated rings. The number of benzene rings is 2. The lowest BCUT2D eigenvalue weighted by Gasteiger charge is -2.38. The number of hydrogen-bond acceptors (Lipinski definition) is 12. The molecule has 4 rings (SSSR count). The van der Waals surface area contributed by atoms with Crippen LogP contribution in [-0.4, -0.2) is 77.5 Å². The van der Waals surface area contributed by atoms with Crippen LogP contribution in [0.2, 0.25) is 0 Å². The normalized spacial score (nSPS) is 24.7. The van der Waals surface area contributed by atoms with Crippen molar-refractivity contribution in [2.75, 3.05) is 0 Å². The molecule has 34 heavy (non-hydrogen) atoms. The lowest BCUT2D eigenvalue weighted by molar-refractivity contribution is -0.271. The Morgan fingerprint density at radius 3 is 2.18 bits per heavy atom. The Balaban J connectivity index is 1.81. The molecule has 0 radical (unpaired) electrons. The van der Waals surface area contributed by atoms with Crippen molar-refractivity contribution in [1.29, 1.82) is 0 Å². The Morgan fingerprint density at radius 1 is 0.912 bits per heavy atom. The molecule has 0 amide bonds. The number of carboxylic acids is 1. The van der Waals surface area contributed by atoms with E-state index < -0.39 is 81.8 Å². The minimum atomic E-state index is -1.99. The number of phenolic OH excluding ortho intramolecular Hbond substituents is 3. The molecule has 1 aliphatic rings. The van der Waals surface area contributed by atoms with E-state index >= 15 is 0 Å². The topological polar surface area (TPSA) is 228 Å². The maximum absolute atomic E-state index is 12.7. The highest BCUT2D eigenvalue weighted by atomic mass is 16.7. The first kappa shape index (κ1) is 23.1. The summed E-state index contributed by atoms with van der Waals surface area (Å²) < 4.78 is 15.7. The smallest absolute Gasteiger partial charge is 0.335 e. The third-order valence-electron chi connectivity index (χ3n) is 5.25. The molecule has 8 N–H and O–H groups in total. The molecule has 0 saturated carbocycles. The summed E-state index contributed by atoms with van der Waals surface area (Å²) in [4.78, 5) is 23.9. The summed E-state index contributed by atoms with van der Waals surface area (Å²) >= 11 is 0. The molecule has 1 aliphatic heterocycles. The highest BCUT2D eigenvalue weighted by molar-refractivity contribution is 5.93. The van der Waals surface area contributed by atoms with E-state index in [-0.39, 0.29) is 11.3 Å². The predicted octanol–water partition coefficient (Wildman–Crippen LogP) is -0.447. The molecule has 5 atom stereocenters. The molecular formula is C21H18O13. The number of carbonyl (C=O) groups is 1. The van der Waals surface area contributed by atoms with Crippen molar-refractivity contribution < 1.29 is 59.5 Å². The fraction of sp³-hybridized carbons (Fsp3) is 0.238. The predicted molar refractivity (Wildman–Crippen MR) is 110 cm³/mol. The van der Waals surface area contributed by atoms with E-state index in [1.54, 1.807) is 0 Å². The second-order valence-electron chi connectivity index (χ2n) is 7.46. The maximum Gasteiger partial charge on any atom is 0.335 e. The van der Waals surface area contributed by atoms with Gasteiger partial charge in [-0.15, -0.1) is 0 Å². The fourth-order valence-electron chi connectivity index (χ4n) is 3.47. The van der Waals surface area contributed by atoms with Crippen LogP contribution in [0.5, 0.6) is 28.7 Å². The number of aliphatic carboxylic acids is 1. The molecule has 13 nitrogen and oxygen atoms in total. The molecular weight excluding hydrogens is 460 g/mol. The van der Waals surface area contributed by atoms with Crippen LogP contribution >= 0.6 is 0 Å². The first-order valence-corrected chi connectivity index (χ1v) is 9.64. The van der Waals surface area contributed by atoms with E-state index in [0.29, 0.717) is 0 Å². The number of aliphatic hydroxyl groups is 3. The zero-order valence-electron chi connectivity index (χ0n) is 16.9. The van der Waals surface area contributed by atoms with E-state index in [9.17, 15) is 45.3 Å². The number of rotatable bonds is 4. The molecule has 2 aromatic carbocycles. The van der Waals surface area contributed by atoms with Crippen molar-refractivity contribution in [3.8, 4) is 40.1 Å². The SMILES string of the molecule is O=C(O)[C@H]1O[C@@H](Oc2cc(O)c3c(=O)c(O)c(-c4ccc(O)cc4)oc3c2O)[C@H](O)[C@H](O)[C@@H]1O. The van der Waals surface area contributed by atoms with E-state index in [1.807, 2.05) is 0 Å². The Labute approximate surface area is 188 Å². The van der Waals surface area contributed by atoms with Gasteiger partial charge in [0.2, 0.25) is 23.2 Å². The quantitative estimate of drug-likeness (QED) is 0.223. The fourth-order valence-corrected chi connectivity index (χ4v) is 3.47. The minimum absolute atomic E-state index is 0.111. The number of aromatic hydroxyl groups is 4. The van der Waals surface area contributed by atoms with Crippen LogP contribution in [0.4, 0.5) is 0 Å². The monoisotopic (exact) mass is 478 g/mol. The minimum Gasteiger partial charge on any atom is -0.508 e. The van der Waals surface area contributed by atoms with Gasteiger partial charge in [-0.25, -0.2) is 4.79 Å². The lowest BCUT2D eigenvalue weighted by atomic mass is 9.99. The van der Waals surface area contributed by atoms with Crippen molar-refractivity contribution in [1.82, 2.24) is 0 Å². The molecule has 1 aromatic heterocycles. The molecule has 3 aromatic rings. The number of aliphatic hydroxyl groups excluding tert-OH is 3. The molecule has 0 spiro atoms. The maximum atomic E-state index is 12.7. The van der Waals surface area contributed by atoms with Gasteiger partial charge < -0.3 is 54.7 Å². The van der Waals surface area contributed by atoms with Gasteiger partial charge in [0.1, 0.15) is 35.2 Å². The standard InChI is InChI=1S/C21H18O13/c22-7-3-1-6(2-4-7)17-14(27)12(25)10-8(23)5-9(11(24)18(10)33-17)32-21-16(29)13(26)15(28)19(34-21)20(30)31/h1-5,13,15-16,19,21-24,26-29H,(H,30,31)/t13-,15+,16-,19+,21-/m1/s1. The Hall–Kier alpha value is -4.04. The largest absolute Gasteiger partial charge is 0.508 e. The van der Waals surface area contributed by atoms with Crippen LogP contribution in [0.15, 0.2) is 39.5 Å². The molecule has 13 heteroatoms. The van der Waals surface area contributed by atoms with Gasteiger partial charge in [-0.3, -0.25) is 4.79 Å². The van der Waals surface area contributed by atoms with Crippen LogP contribution in [0.1, 0.15) is 0 Å². The van der Waals surface area contributed by atoms with E-state index in [0.717, 1.165) is 6.07 Å². The van der Waals surface area contributed by atoms with Crippen LogP contribution in [0.3, 0.4) is 0 Å².